The molecule has 4 heterocycles. The Morgan fingerprint density at radius 1 is 1.29 bits per heavy atom. The van der Waals surface area contributed by atoms with Crippen molar-refractivity contribution in [3.8, 4) is 11.8 Å². The number of nitrogens with two attached hydrogens (primary N) is 1. The standard InChI is InChI=1S/C23H24ClFN8O2/c1-9(34)20-28-6-12(7-29-20)35-23-31-21-17(16-18(24)13(25)5-15(27-2)19(16)30-21)22(32-23)33-8-10-3-11(33)4-14(10)26/h5-7,9-11,14,27,34H,3-4,8,26H2,1-2H3,(H,30,31,32)/t9-,10-,11-,14-/m1/s1. The van der Waals surface area contributed by atoms with Crippen molar-refractivity contribution in [1.82, 2.24) is 24.9 Å². The Hall–Kier alpha value is -3.28. The number of nitrogens with zero attached hydrogens (tertiary/aromatic N) is 5. The van der Waals surface area contributed by atoms with Crippen LogP contribution in [0.15, 0.2) is 18.5 Å². The molecule has 3 aromatic heterocycles. The lowest BCUT2D eigenvalue weighted by Gasteiger charge is -2.31. The zero-order valence-corrected chi connectivity index (χ0v) is 19.8. The van der Waals surface area contributed by atoms with Gasteiger partial charge in [0.05, 0.1) is 34.0 Å². The van der Waals surface area contributed by atoms with E-state index in [-0.39, 0.29) is 28.9 Å². The van der Waals surface area contributed by atoms with Crippen molar-refractivity contribution in [1.29, 1.82) is 0 Å². The third-order valence-corrected chi connectivity index (χ3v) is 7.32. The van der Waals surface area contributed by atoms with Crippen LogP contribution in [0, 0.1) is 11.7 Å². The Labute approximate surface area is 204 Å². The monoisotopic (exact) mass is 498 g/mol. The lowest BCUT2D eigenvalue weighted by atomic mass is 10.0. The molecule has 35 heavy (non-hydrogen) atoms. The molecule has 0 unspecified atom stereocenters. The largest absolute Gasteiger partial charge is 0.421 e. The molecule has 2 aliphatic rings. The van der Waals surface area contributed by atoms with E-state index in [0.717, 1.165) is 19.4 Å². The zero-order chi connectivity index (χ0) is 24.4. The van der Waals surface area contributed by atoms with E-state index in [0.29, 0.717) is 45.1 Å². The third-order valence-electron chi connectivity index (χ3n) is 6.95. The number of halogens is 2. The van der Waals surface area contributed by atoms with E-state index in [1.165, 1.54) is 18.5 Å². The minimum atomic E-state index is -0.793. The van der Waals surface area contributed by atoms with Gasteiger partial charge in [-0.15, -0.1) is 0 Å². The topological polar surface area (TPSA) is 138 Å². The molecule has 1 saturated heterocycles. The number of anilines is 2. The first-order valence-corrected chi connectivity index (χ1v) is 11.8. The summed E-state index contributed by atoms with van der Waals surface area (Å²) in [7, 11) is 1.71. The molecule has 10 nitrogen and oxygen atoms in total. The van der Waals surface area contributed by atoms with Gasteiger partial charge in [0.25, 0.3) is 0 Å². The minimum Gasteiger partial charge on any atom is -0.421 e. The molecule has 0 radical (unpaired) electrons. The maximum atomic E-state index is 14.8. The smallest absolute Gasteiger partial charge is 0.326 e. The van der Waals surface area contributed by atoms with Crippen molar-refractivity contribution in [2.24, 2.45) is 11.7 Å². The number of aromatic amines is 1. The fourth-order valence-electron chi connectivity index (χ4n) is 5.26. The number of fused-ring (bicyclic) bond motifs is 5. The van der Waals surface area contributed by atoms with Crippen molar-refractivity contribution in [3.63, 3.8) is 0 Å². The molecule has 1 saturated carbocycles. The molecule has 1 aromatic carbocycles. The van der Waals surface area contributed by atoms with Crippen LogP contribution in [0.4, 0.5) is 15.9 Å². The number of aliphatic hydroxyl groups excluding tert-OH is 1. The summed E-state index contributed by atoms with van der Waals surface area (Å²) in [6.45, 7) is 2.32. The van der Waals surface area contributed by atoms with Crippen molar-refractivity contribution >= 4 is 45.0 Å². The van der Waals surface area contributed by atoms with Crippen molar-refractivity contribution in [2.45, 2.75) is 38.0 Å². The molecule has 12 heteroatoms. The summed E-state index contributed by atoms with van der Waals surface area (Å²) in [5, 5.41) is 13.8. The second kappa shape index (κ2) is 8.14. The summed E-state index contributed by atoms with van der Waals surface area (Å²) in [6.07, 6.45) is 3.94. The summed E-state index contributed by atoms with van der Waals surface area (Å²) in [6, 6.07) is 1.81. The molecule has 1 aliphatic heterocycles. The fraction of sp³-hybridized carbons (Fsp3) is 0.391. The maximum Gasteiger partial charge on any atom is 0.326 e. The van der Waals surface area contributed by atoms with E-state index in [4.69, 9.17) is 27.1 Å². The second-order valence-electron chi connectivity index (χ2n) is 9.15. The number of hydrogen-bond donors (Lipinski definition) is 4. The second-order valence-corrected chi connectivity index (χ2v) is 9.53. The van der Waals surface area contributed by atoms with E-state index in [2.05, 4.69) is 30.2 Å². The lowest BCUT2D eigenvalue weighted by molar-refractivity contribution is 0.188. The van der Waals surface area contributed by atoms with Crippen molar-refractivity contribution in [2.75, 3.05) is 23.8 Å². The summed E-state index contributed by atoms with van der Waals surface area (Å²) >= 11 is 6.48. The van der Waals surface area contributed by atoms with Crippen LogP contribution in [0.1, 0.15) is 31.7 Å². The fourth-order valence-corrected chi connectivity index (χ4v) is 5.51. The van der Waals surface area contributed by atoms with E-state index >= 15 is 0 Å². The van der Waals surface area contributed by atoms with Gasteiger partial charge in [-0.05, 0) is 25.7 Å². The van der Waals surface area contributed by atoms with E-state index in [1.807, 2.05) is 0 Å². The van der Waals surface area contributed by atoms with Crippen LogP contribution in [0.3, 0.4) is 0 Å². The number of piperidine rings is 1. The van der Waals surface area contributed by atoms with Gasteiger partial charge in [0.1, 0.15) is 23.4 Å². The summed E-state index contributed by atoms with van der Waals surface area (Å²) in [5.74, 6) is 1.05. The maximum absolute atomic E-state index is 14.8. The molecule has 0 amide bonds. The van der Waals surface area contributed by atoms with Gasteiger partial charge in [0.15, 0.2) is 11.6 Å². The van der Waals surface area contributed by atoms with Gasteiger partial charge in [-0.1, -0.05) is 11.6 Å². The average Bonchev–Trinajstić information content (AvgIpc) is 3.53. The molecule has 4 atom stereocenters. The number of aliphatic hydroxyl groups is 1. The van der Waals surface area contributed by atoms with Gasteiger partial charge in [0, 0.05) is 37.1 Å². The number of aromatic nitrogens is 5. The first-order valence-electron chi connectivity index (χ1n) is 11.4. The predicted octanol–water partition coefficient (Wildman–Crippen LogP) is 3.51. The Kier molecular flexibility index (Phi) is 5.17. The molecule has 0 spiro atoms. The molecule has 4 aromatic rings. The molecule has 182 valence electrons. The number of benzene rings is 1. The number of nitrogens with one attached hydrogen (secondary N) is 2. The molecule has 5 N–H and O–H groups in total. The molecular formula is C23H24ClFN8O2. The molecular weight excluding hydrogens is 475 g/mol. The first kappa shape index (κ1) is 22.2. The van der Waals surface area contributed by atoms with Crippen molar-refractivity contribution in [3.05, 3.63) is 35.1 Å². The summed E-state index contributed by atoms with van der Waals surface area (Å²) in [5.41, 5.74) is 7.95. The van der Waals surface area contributed by atoms with Crippen molar-refractivity contribution < 1.29 is 14.2 Å². The van der Waals surface area contributed by atoms with Crippen LogP contribution < -0.4 is 20.7 Å². The quantitative estimate of drug-likeness (QED) is 0.325. The Bertz CT molecular complexity index is 1440. The van der Waals surface area contributed by atoms with Gasteiger partial charge >= 0.3 is 6.01 Å². The van der Waals surface area contributed by atoms with Gasteiger partial charge in [0.2, 0.25) is 0 Å². The normalized spacial score (nSPS) is 22.3. The Morgan fingerprint density at radius 2 is 2.06 bits per heavy atom. The first-order chi connectivity index (χ1) is 16.8. The van der Waals surface area contributed by atoms with Crippen LogP contribution in [0.2, 0.25) is 5.02 Å². The lowest BCUT2D eigenvalue weighted by Crippen LogP contribution is -2.41. The molecule has 2 fully saturated rings. The molecule has 2 bridgehead atoms. The molecule has 1 aliphatic carbocycles. The highest BCUT2D eigenvalue weighted by atomic mass is 35.5. The van der Waals surface area contributed by atoms with Crippen LogP contribution >= 0.6 is 11.6 Å². The molecule has 6 rings (SSSR count). The number of hydrogen-bond acceptors (Lipinski definition) is 9. The van der Waals surface area contributed by atoms with Crippen LogP contribution in [0.5, 0.6) is 11.8 Å². The van der Waals surface area contributed by atoms with E-state index < -0.39 is 11.9 Å². The summed E-state index contributed by atoms with van der Waals surface area (Å²) in [4.78, 5) is 23.0. The number of ether oxygens (including phenoxy) is 1. The number of rotatable bonds is 5. The van der Waals surface area contributed by atoms with Gasteiger partial charge in [-0.3, -0.25) is 0 Å². The minimum absolute atomic E-state index is 0.00642. The highest BCUT2D eigenvalue weighted by Gasteiger charge is 2.44. The SMILES string of the molecule is CNc1cc(F)c(Cl)c2c1[nH]c1nc(Oc3cnc([C@@H](C)O)nc3)nc(N3C[C@H]4C[C@@H]3C[C@H]4N)c12. The highest BCUT2D eigenvalue weighted by molar-refractivity contribution is 6.39. The summed E-state index contributed by atoms with van der Waals surface area (Å²) < 4.78 is 20.7. The predicted molar refractivity (Wildman–Crippen MR) is 130 cm³/mol. The zero-order valence-electron chi connectivity index (χ0n) is 19.1. The van der Waals surface area contributed by atoms with Crippen LogP contribution in [-0.2, 0) is 0 Å². The van der Waals surface area contributed by atoms with Crippen LogP contribution in [-0.4, -0.2) is 55.7 Å². The number of H-pyrrole nitrogens is 1. The Morgan fingerprint density at radius 3 is 2.69 bits per heavy atom. The average molecular weight is 499 g/mol. The van der Waals surface area contributed by atoms with Gasteiger partial charge < -0.3 is 30.8 Å². The highest BCUT2D eigenvalue weighted by Crippen LogP contribution is 2.46. The van der Waals surface area contributed by atoms with Crippen LogP contribution in [0.25, 0.3) is 21.9 Å². The van der Waals surface area contributed by atoms with Gasteiger partial charge in [-0.2, -0.15) is 9.97 Å². The van der Waals surface area contributed by atoms with E-state index in [1.54, 1.807) is 14.0 Å². The van der Waals surface area contributed by atoms with Gasteiger partial charge in [-0.25, -0.2) is 14.4 Å². The van der Waals surface area contributed by atoms with E-state index in [9.17, 15) is 9.50 Å². The third kappa shape index (κ3) is 3.53. The Balaban J connectivity index is 1.53.